The fourth-order valence-corrected chi connectivity index (χ4v) is 5.34. The molecule has 194 valence electrons. The number of hydrogen-bond acceptors (Lipinski definition) is 7. The summed E-state index contributed by atoms with van der Waals surface area (Å²) in [6.07, 6.45) is 4.16. The summed E-state index contributed by atoms with van der Waals surface area (Å²) in [5, 5.41) is 11.3. The molecule has 0 unspecified atom stereocenters. The highest BCUT2D eigenvalue weighted by atomic mass is 16.2. The molecule has 10 nitrogen and oxygen atoms in total. The Hall–Kier alpha value is -3.79. The zero-order valence-electron chi connectivity index (χ0n) is 21.2. The number of nitrogens with zero attached hydrogens (tertiary/aromatic N) is 5. The average molecular weight is 504 g/mol. The lowest BCUT2D eigenvalue weighted by Gasteiger charge is -2.37. The first-order valence-electron chi connectivity index (χ1n) is 12.9. The summed E-state index contributed by atoms with van der Waals surface area (Å²) in [6.45, 7) is 5.46. The monoisotopic (exact) mass is 503 g/mol. The van der Waals surface area contributed by atoms with Crippen LogP contribution in [0.3, 0.4) is 0 Å². The van der Waals surface area contributed by atoms with Crippen LogP contribution in [0.15, 0.2) is 47.4 Å². The van der Waals surface area contributed by atoms with Crippen LogP contribution in [0.25, 0.3) is 10.8 Å². The number of piperazine rings is 1. The molecule has 1 aromatic carbocycles. The number of aromatic amines is 1. The largest absolute Gasteiger partial charge is 0.367 e. The predicted octanol–water partition coefficient (Wildman–Crippen LogP) is 1.60. The number of pyridine rings is 1. The van der Waals surface area contributed by atoms with Gasteiger partial charge in [0.05, 0.1) is 23.0 Å². The summed E-state index contributed by atoms with van der Waals surface area (Å²) in [6, 6.07) is 11.3. The van der Waals surface area contributed by atoms with Crippen molar-refractivity contribution in [3.05, 3.63) is 64.3 Å². The summed E-state index contributed by atoms with van der Waals surface area (Å²) >= 11 is 0. The Morgan fingerprint density at radius 1 is 1.00 bits per heavy atom. The maximum absolute atomic E-state index is 12.9. The van der Waals surface area contributed by atoms with Crippen LogP contribution in [0.4, 0.5) is 5.69 Å². The Morgan fingerprint density at radius 2 is 1.73 bits per heavy atom. The summed E-state index contributed by atoms with van der Waals surface area (Å²) < 4.78 is 0. The molecule has 2 N–H and O–H groups in total. The number of anilines is 1. The summed E-state index contributed by atoms with van der Waals surface area (Å²) in [5.74, 6) is 0.303. The molecular weight excluding hydrogens is 470 g/mol. The van der Waals surface area contributed by atoms with Crippen molar-refractivity contribution < 1.29 is 9.59 Å². The number of hydrogen-bond donors (Lipinski definition) is 2. The van der Waals surface area contributed by atoms with Crippen LogP contribution >= 0.6 is 0 Å². The number of likely N-dealkylation sites (tertiary alicyclic amines) is 1. The standard InChI is InChI=1S/C27H33N7O3/c1-28-27(37)23-7-6-20(18-29-23)33-14-16-34(17-15-33)24(35)10-13-32-11-8-19(9-12-32)25-21-4-2-3-5-22(21)26(36)31-30-25/h2-7,18-19H,8-17H2,1H3,(H,28,37)(H,31,36). The number of nitrogens with one attached hydrogen (secondary N) is 2. The molecule has 0 atom stereocenters. The van der Waals surface area contributed by atoms with E-state index in [0.29, 0.717) is 36.5 Å². The van der Waals surface area contributed by atoms with Crippen molar-refractivity contribution in [2.24, 2.45) is 0 Å². The molecule has 0 bridgehead atoms. The molecule has 2 aliphatic rings. The third-order valence-corrected chi connectivity index (χ3v) is 7.55. The second kappa shape index (κ2) is 11.1. The highest BCUT2D eigenvalue weighted by molar-refractivity contribution is 5.92. The van der Waals surface area contributed by atoms with E-state index in [-0.39, 0.29) is 17.4 Å². The number of carbonyl (C=O) groups is 2. The lowest BCUT2D eigenvalue weighted by atomic mass is 9.90. The third kappa shape index (κ3) is 5.48. The minimum absolute atomic E-state index is 0.147. The van der Waals surface area contributed by atoms with E-state index in [0.717, 1.165) is 62.3 Å². The van der Waals surface area contributed by atoms with E-state index < -0.39 is 0 Å². The molecule has 37 heavy (non-hydrogen) atoms. The van der Waals surface area contributed by atoms with Crippen molar-refractivity contribution in [1.82, 2.24) is 30.3 Å². The molecule has 10 heteroatoms. The van der Waals surface area contributed by atoms with Crippen molar-refractivity contribution in [3.8, 4) is 0 Å². The molecule has 0 saturated carbocycles. The number of piperidine rings is 1. The Bertz CT molecular complexity index is 1310. The van der Waals surface area contributed by atoms with Gasteiger partial charge in [-0.15, -0.1) is 0 Å². The van der Waals surface area contributed by atoms with E-state index in [1.165, 1.54) is 0 Å². The molecule has 0 spiro atoms. The van der Waals surface area contributed by atoms with Gasteiger partial charge in [-0.3, -0.25) is 14.4 Å². The van der Waals surface area contributed by atoms with Gasteiger partial charge in [0.15, 0.2) is 0 Å². The van der Waals surface area contributed by atoms with Crippen LogP contribution in [0, 0.1) is 0 Å². The van der Waals surface area contributed by atoms with Crippen molar-refractivity contribution in [2.45, 2.75) is 25.2 Å². The zero-order valence-corrected chi connectivity index (χ0v) is 21.2. The lowest BCUT2D eigenvalue weighted by Crippen LogP contribution is -2.49. The molecule has 2 aromatic heterocycles. The Balaban J connectivity index is 1.07. The van der Waals surface area contributed by atoms with Gasteiger partial charge >= 0.3 is 0 Å². The van der Waals surface area contributed by atoms with E-state index in [9.17, 15) is 14.4 Å². The molecule has 2 fully saturated rings. The van der Waals surface area contributed by atoms with E-state index in [1.54, 1.807) is 19.3 Å². The van der Waals surface area contributed by atoms with Gasteiger partial charge in [-0.05, 0) is 44.1 Å². The van der Waals surface area contributed by atoms with E-state index in [1.807, 2.05) is 35.2 Å². The molecule has 2 amide bonds. The fourth-order valence-electron chi connectivity index (χ4n) is 5.34. The van der Waals surface area contributed by atoms with Gasteiger partial charge in [0, 0.05) is 57.5 Å². The lowest BCUT2D eigenvalue weighted by molar-refractivity contribution is -0.131. The molecule has 0 aliphatic carbocycles. The van der Waals surface area contributed by atoms with Gasteiger partial charge in [-0.25, -0.2) is 10.1 Å². The highest BCUT2D eigenvalue weighted by Crippen LogP contribution is 2.30. The summed E-state index contributed by atoms with van der Waals surface area (Å²) in [4.78, 5) is 47.4. The van der Waals surface area contributed by atoms with Crippen LogP contribution in [0.2, 0.25) is 0 Å². The molecule has 2 aliphatic heterocycles. The van der Waals surface area contributed by atoms with Crippen LogP contribution in [-0.2, 0) is 4.79 Å². The minimum atomic E-state index is -0.201. The molecule has 5 rings (SSSR count). The van der Waals surface area contributed by atoms with Crippen molar-refractivity contribution in [2.75, 3.05) is 57.8 Å². The van der Waals surface area contributed by atoms with Crippen molar-refractivity contribution in [1.29, 1.82) is 0 Å². The number of benzene rings is 1. The maximum Gasteiger partial charge on any atom is 0.272 e. The summed E-state index contributed by atoms with van der Waals surface area (Å²) in [5.41, 5.74) is 2.19. The van der Waals surface area contributed by atoms with E-state index in [2.05, 4.69) is 30.3 Å². The van der Waals surface area contributed by atoms with E-state index >= 15 is 0 Å². The number of rotatable bonds is 6. The van der Waals surface area contributed by atoms with Crippen LogP contribution in [-0.4, -0.2) is 89.7 Å². The Morgan fingerprint density at radius 3 is 2.41 bits per heavy atom. The zero-order chi connectivity index (χ0) is 25.8. The van der Waals surface area contributed by atoms with Gasteiger partial charge in [-0.2, -0.15) is 5.10 Å². The van der Waals surface area contributed by atoms with Crippen LogP contribution in [0.5, 0.6) is 0 Å². The first kappa shape index (κ1) is 24.9. The molecular formula is C27H33N7O3. The smallest absolute Gasteiger partial charge is 0.272 e. The number of aromatic nitrogens is 3. The SMILES string of the molecule is CNC(=O)c1ccc(N2CCN(C(=O)CCN3CCC(c4n[nH]c(=O)c5ccccc45)CC3)CC2)cn1. The minimum Gasteiger partial charge on any atom is -0.367 e. The number of H-pyrrole nitrogens is 1. The first-order chi connectivity index (χ1) is 18.0. The van der Waals surface area contributed by atoms with Gasteiger partial charge in [0.25, 0.3) is 11.5 Å². The Labute approximate surface area is 215 Å². The quantitative estimate of drug-likeness (QED) is 0.525. The number of amides is 2. The fraction of sp³-hybridized carbons (Fsp3) is 0.444. The predicted molar refractivity (Wildman–Crippen MR) is 142 cm³/mol. The first-order valence-corrected chi connectivity index (χ1v) is 12.9. The van der Waals surface area contributed by atoms with Gasteiger partial charge in [0.1, 0.15) is 5.69 Å². The normalized spacial score (nSPS) is 17.2. The van der Waals surface area contributed by atoms with Crippen molar-refractivity contribution >= 4 is 28.3 Å². The topological polar surface area (TPSA) is 115 Å². The number of carbonyl (C=O) groups excluding carboxylic acids is 2. The summed E-state index contributed by atoms with van der Waals surface area (Å²) in [7, 11) is 1.59. The highest BCUT2D eigenvalue weighted by Gasteiger charge is 2.26. The average Bonchev–Trinajstić information content (AvgIpc) is 2.96. The molecule has 4 heterocycles. The Kier molecular flexibility index (Phi) is 7.45. The van der Waals surface area contributed by atoms with Crippen LogP contribution in [0.1, 0.15) is 41.4 Å². The third-order valence-electron chi connectivity index (χ3n) is 7.55. The van der Waals surface area contributed by atoms with Crippen LogP contribution < -0.4 is 15.8 Å². The van der Waals surface area contributed by atoms with E-state index in [4.69, 9.17) is 0 Å². The van der Waals surface area contributed by atoms with Gasteiger partial charge in [0.2, 0.25) is 5.91 Å². The second-order valence-electron chi connectivity index (χ2n) is 9.70. The van der Waals surface area contributed by atoms with Gasteiger partial charge in [-0.1, -0.05) is 18.2 Å². The van der Waals surface area contributed by atoms with Gasteiger partial charge < -0.3 is 20.0 Å². The molecule has 3 aromatic rings. The number of fused-ring (bicyclic) bond motifs is 1. The molecule has 0 radical (unpaired) electrons. The molecule has 2 saturated heterocycles. The maximum atomic E-state index is 12.9. The second-order valence-corrected chi connectivity index (χ2v) is 9.70. The van der Waals surface area contributed by atoms with Crippen molar-refractivity contribution in [3.63, 3.8) is 0 Å².